The molecule has 0 aliphatic rings. The number of halogens is 4. The van der Waals surface area contributed by atoms with Crippen molar-refractivity contribution in [2.75, 3.05) is 0 Å². The Kier molecular flexibility index (Phi) is 2.95. The Hall–Kier alpha value is -1.01. The summed E-state index contributed by atoms with van der Waals surface area (Å²) in [5, 5.41) is 0.520. The molecule has 0 amide bonds. The second-order valence-electron chi connectivity index (χ2n) is 3.88. The molecule has 0 bridgehead atoms. The molecule has 92 valence electrons. The molecule has 1 atom stereocenters. The van der Waals surface area contributed by atoms with Gasteiger partial charge in [-0.3, -0.25) is 0 Å². The van der Waals surface area contributed by atoms with Crippen LogP contribution in [0.4, 0.5) is 13.2 Å². The molecule has 1 unspecified atom stereocenters. The number of hydrogen-bond donors (Lipinski definition) is 1. The molecule has 0 radical (unpaired) electrons. The first kappa shape index (κ1) is 12.4. The molecule has 0 aliphatic heterocycles. The van der Waals surface area contributed by atoms with Gasteiger partial charge in [0.05, 0.1) is 0 Å². The number of hydrogen-bond acceptors (Lipinski definition) is 1. The highest BCUT2D eigenvalue weighted by atomic mass is 79.9. The van der Waals surface area contributed by atoms with Gasteiger partial charge in [-0.25, -0.2) is 0 Å². The van der Waals surface area contributed by atoms with Crippen LogP contribution in [0, 0.1) is 0 Å². The number of nitrogens with zero attached hydrogens (tertiary/aromatic N) is 1. The van der Waals surface area contributed by atoms with Gasteiger partial charge in [0.1, 0.15) is 6.04 Å². The topological polar surface area (TPSA) is 30.9 Å². The maximum absolute atomic E-state index is 12.6. The van der Waals surface area contributed by atoms with Gasteiger partial charge in [0, 0.05) is 34.2 Å². The molecule has 2 aromatic rings. The zero-order valence-corrected chi connectivity index (χ0v) is 10.5. The third kappa shape index (κ3) is 2.19. The molecule has 1 aromatic heterocycles. The molecule has 0 saturated carbocycles. The van der Waals surface area contributed by atoms with Crippen molar-refractivity contribution in [2.45, 2.75) is 12.2 Å². The summed E-state index contributed by atoms with van der Waals surface area (Å²) in [4.78, 5) is 0. The smallest absolute Gasteiger partial charge is 0.350 e. The highest BCUT2D eigenvalue weighted by molar-refractivity contribution is 9.10. The number of alkyl halides is 3. The Balaban J connectivity index is 2.66. The van der Waals surface area contributed by atoms with E-state index in [1.165, 1.54) is 6.20 Å². The number of rotatable bonds is 1. The van der Waals surface area contributed by atoms with Crippen LogP contribution in [-0.2, 0) is 7.05 Å². The van der Waals surface area contributed by atoms with Crippen LogP contribution < -0.4 is 5.73 Å². The summed E-state index contributed by atoms with van der Waals surface area (Å²) in [6.07, 6.45) is -3.01. The molecular formula is C11H10BrF3N2. The van der Waals surface area contributed by atoms with E-state index in [0.29, 0.717) is 5.39 Å². The zero-order chi connectivity index (χ0) is 12.8. The van der Waals surface area contributed by atoms with Gasteiger partial charge in [0.25, 0.3) is 0 Å². The van der Waals surface area contributed by atoms with Gasteiger partial charge in [0.15, 0.2) is 0 Å². The SMILES string of the molecule is Cn1cc(C(N)C(F)(F)F)c2cc(Br)ccc21. The molecular weight excluding hydrogens is 297 g/mol. The Labute approximate surface area is 104 Å². The van der Waals surface area contributed by atoms with Crippen LogP contribution in [0.25, 0.3) is 10.9 Å². The summed E-state index contributed by atoms with van der Waals surface area (Å²) in [7, 11) is 1.70. The predicted octanol–water partition coefficient (Wildman–Crippen LogP) is 3.50. The van der Waals surface area contributed by atoms with E-state index in [4.69, 9.17) is 5.73 Å². The third-order valence-corrected chi connectivity index (χ3v) is 3.16. The lowest BCUT2D eigenvalue weighted by atomic mass is 10.1. The lowest BCUT2D eigenvalue weighted by Gasteiger charge is -2.14. The number of benzene rings is 1. The van der Waals surface area contributed by atoms with Gasteiger partial charge >= 0.3 is 6.18 Å². The van der Waals surface area contributed by atoms with E-state index in [9.17, 15) is 13.2 Å². The van der Waals surface area contributed by atoms with Crippen LogP contribution >= 0.6 is 15.9 Å². The fourth-order valence-electron chi connectivity index (χ4n) is 1.82. The second kappa shape index (κ2) is 4.03. The third-order valence-electron chi connectivity index (χ3n) is 2.67. The van der Waals surface area contributed by atoms with E-state index in [1.54, 1.807) is 29.8 Å². The average Bonchev–Trinajstić information content (AvgIpc) is 2.53. The minimum atomic E-state index is -4.43. The molecule has 0 aliphatic carbocycles. The van der Waals surface area contributed by atoms with Crippen LogP contribution in [0.15, 0.2) is 28.9 Å². The number of nitrogens with two attached hydrogens (primary N) is 1. The van der Waals surface area contributed by atoms with E-state index < -0.39 is 12.2 Å². The van der Waals surface area contributed by atoms with Crippen LogP contribution in [-0.4, -0.2) is 10.7 Å². The van der Waals surface area contributed by atoms with Gasteiger partial charge in [0.2, 0.25) is 0 Å². The Morgan fingerprint density at radius 3 is 2.59 bits per heavy atom. The fourth-order valence-corrected chi connectivity index (χ4v) is 2.18. The fraction of sp³-hybridized carbons (Fsp3) is 0.273. The molecule has 1 aromatic carbocycles. The van der Waals surface area contributed by atoms with Crippen molar-refractivity contribution < 1.29 is 13.2 Å². The minimum Gasteiger partial charge on any atom is -0.350 e. The summed E-state index contributed by atoms with van der Waals surface area (Å²) >= 11 is 3.24. The highest BCUT2D eigenvalue weighted by Gasteiger charge is 2.39. The van der Waals surface area contributed by atoms with Crippen molar-refractivity contribution in [3.05, 3.63) is 34.4 Å². The van der Waals surface area contributed by atoms with Crippen molar-refractivity contribution in [2.24, 2.45) is 12.8 Å². The first-order valence-corrected chi connectivity index (χ1v) is 5.67. The maximum Gasteiger partial charge on any atom is 0.407 e. The first-order valence-electron chi connectivity index (χ1n) is 4.87. The van der Waals surface area contributed by atoms with Gasteiger partial charge in [-0.2, -0.15) is 13.2 Å². The number of fused-ring (bicyclic) bond motifs is 1. The van der Waals surface area contributed by atoms with Crippen LogP contribution in [0.2, 0.25) is 0 Å². The Morgan fingerprint density at radius 1 is 1.35 bits per heavy atom. The Bertz CT molecular complexity index is 560. The van der Waals surface area contributed by atoms with Gasteiger partial charge < -0.3 is 10.3 Å². The van der Waals surface area contributed by atoms with Crippen molar-refractivity contribution >= 4 is 26.8 Å². The van der Waals surface area contributed by atoms with Crippen molar-refractivity contribution in [3.63, 3.8) is 0 Å². The Morgan fingerprint density at radius 2 is 2.00 bits per heavy atom. The molecule has 2 rings (SSSR count). The standard InChI is InChI=1S/C11H10BrF3N2/c1-17-5-8(10(16)11(13,14)15)7-4-6(12)2-3-9(7)17/h2-5,10H,16H2,1H3. The molecule has 0 spiro atoms. The normalized spacial score (nSPS) is 14.2. The van der Waals surface area contributed by atoms with Crippen LogP contribution in [0.3, 0.4) is 0 Å². The monoisotopic (exact) mass is 306 g/mol. The summed E-state index contributed by atoms with van der Waals surface area (Å²) < 4.78 is 40.2. The quantitative estimate of drug-likeness (QED) is 0.859. The summed E-state index contributed by atoms with van der Waals surface area (Å²) in [5.41, 5.74) is 6.07. The van der Waals surface area contributed by atoms with E-state index in [-0.39, 0.29) is 5.56 Å². The molecule has 1 heterocycles. The molecule has 0 fully saturated rings. The molecule has 0 saturated heterocycles. The largest absolute Gasteiger partial charge is 0.407 e. The van der Waals surface area contributed by atoms with Crippen molar-refractivity contribution in [3.8, 4) is 0 Å². The summed E-state index contributed by atoms with van der Waals surface area (Å²) in [6, 6.07) is 3.23. The second-order valence-corrected chi connectivity index (χ2v) is 4.79. The zero-order valence-electron chi connectivity index (χ0n) is 8.92. The lowest BCUT2D eigenvalue weighted by Crippen LogP contribution is -2.28. The van der Waals surface area contributed by atoms with E-state index >= 15 is 0 Å². The van der Waals surface area contributed by atoms with Gasteiger partial charge in [-0.15, -0.1) is 0 Å². The van der Waals surface area contributed by atoms with Crippen molar-refractivity contribution in [1.82, 2.24) is 4.57 Å². The molecule has 2 N–H and O–H groups in total. The maximum atomic E-state index is 12.6. The van der Waals surface area contributed by atoms with E-state index in [2.05, 4.69) is 15.9 Å². The van der Waals surface area contributed by atoms with Crippen LogP contribution in [0.5, 0.6) is 0 Å². The number of aromatic nitrogens is 1. The molecule has 6 heteroatoms. The highest BCUT2D eigenvalue weighted by Crippen LogP contribution is 2.35. The van der Waals surface area contributed by atoms with E-state index in [1.807, 2.05) is 0 Å². The summed E-state index contributed by atoms with van der Waals surface area (Å²) in [6.45, 7) is 0. The van der Waals surface area contributed by atoms with E-state index in [0.717, 1.165) is 9.99 Å². The minimum absolute atomic E-state index is 0.0938. The molecule has 17 heavy (non-hydrogen) atoms. The molecule has 2 nitrogen and oxygen atoms in total. The summed E-state index contributed by atoms with van der Waals surface area (Å²) in [5.74, 6) is 0. The number of aryl methyl sites for hydroxylation is 1. The first-order chi connectivity index (χ1) is 7.80. The predicted molar refractivity (Wildman–Crippen MR) is 63.6 cm³/mol. The average molecular weight is 307 g/mol. The van der Waals surface area contributed by atoms with Crippen LogP contribution in [0.1, 0.15) is 11.6 Å². The van der Waals surface area contributed by atoms with Gasteiger partial charge in [-0.05, 0) is 18.2 Å². The van der Waals surface area contributed by atoms with Gasteiger partial charge in [-0.1, -0.05) is 15.9 Å². The van der Waals surface area contributed by atoms with Crippen molar-refractivity contribution in [1.29, 1.82) is 0 Å². The lowest BCUT2D eigenvalue weighted by molar-refractivity contribution is -0.148.